The molecule has 0 radical (unpaired) electrons. The topological polar surface area (TPSA) is 88.5 Å². The van der Waals surface area contributed by atoms with E-state index in [2.05, 4.69) is 25.8 Å². The molecule has 0 atom stereocenters. The molecule has 4 rings (SSSR count). The number of hydrogen-bond donors (Lipinski definition) is 2. The number of H-pyrrole nitrogens is 1. The van der Waals surface area contributed by atoms with Gasteiger partial charge in [0.05, 0.1) is 17.8 Å². The SMILES string of the molecule is O=C(Cc1ccc(-n2cnnn2)cc1)Nc1cccc2[nH]ccc12. The van der Waals surface area contributed by atoms with E-state index < -0.39 is 0 Å². The average Bonchev–Trinajstić information content (AvgIpc) is 3.27. The van der Waals surface area contributed by atoms with Crippen LogP contribution in [0.3, 0.4) is 0 Å². The van der Waals surface area contributed by atoms with Gasteiger partial charge in [-0.1, -0.05) is 18.2 Å². The lowest BCUT2D eigenvalue weighted by Gasteiger charge is -2.07. The molecule has 0 saturated heterocycles. The molecule has 24 heavy (non-hydrogen) atoms. The summed E-state index contributed by atoms with van der Waals surface area (Å²) < 4.78 is 1.57. The molecule has 7 nitrogen and oxygen atoms in total. The molecular weight excluding hydrogens is 304 g/mol. The van der Waals surface area contributed by atoms with E-state index in [4.69, 9.17) is 0 Å². The number of anilines is 1. The Hall–Kier alpha value is -3.48. The second-order valence-corrected chi connectivity index (χ2v) is 5.39. The number of hydrogen-bond acceptors (Lipinski definition) is 4. The zero-order valence-electron chi connectivity index (χ0n) is 12.7. The van der Waals surface area contributed by atoms with Crippen molar-refractivity contribution in [3.05, 3.63) is 66.6 Å². The highest BCUT2D eigenvalue weighted by Crippen LogP contribution is 2.22. The molecule has 118 valence electrons. The molecule has 0 aliphatic heterocycles. The Labute approximate surface area is 137 Å². The first-order valence-electron chi connectivity index (χ1n) is 7.48. The molecule has 2 N–H and O–H groups in total. The number of nitrogens with one attached hydrogen (secondary N) is 2. The maximum atomic E-state index is 12.3. The molecule has 2 aromatic heterocycles. The Balaban J connectivity index is 1.47. The van der Waals surface area contributed by atoms with Crippen molar-refractivity contribution < 1.29 is 4.79 Å². The van der Waals surface area contributed by atoms with E-state index in [1.165, 1.54) is 6.33 Å². The fraction of sp³-hybridized carbons (Fsp3) is 0.0588. The zero-order valence-corrected chi connectivity index (χ0v) is 12.7. The molecule has 0 unspecified atom stereocenters. The minimum atomic E-state index is -0.0566. The van der Waals surface area contributed by atoms with Crippen LogP contribution >= 0.6 is 0 Å². The summed E-state index contributed by atoms with van der Waals surface area (Å²) in [5.41, 5.74) is 3.58. The van der Waals surface area contributed by atoms with Crippen LogP contribution in [0.2, 0.25) is 0 Å². The number of aromatic nitrogens is 5. The lowest BCUT2D eigenvalue weighted by Crippen LogP contribution is -2.14. The van der Waals surface area contributed by atoms with Gasteiger partial charge in [0.2, 0.25) is 5.91 Å². The van der Waals surface area contributed by atoms with Crippen LogP contribution in [0.4, 0.5) is 5.69 Å². The van der Waals surface area contributed by atoms with Crippen molar-refractivity contribution in [3.63, 3.8) is 0 Å². The van der Waals surface area contributed by atoms with Gasteiger partial charge in [-0.3, -0.25) is 4.79 Å². The summed E-state index contributed by atoms with van der Waals surface area (Å²) in [5, 5.41) is 15.0. The fourth-order valence-electron chi connectivity index (χ4n) is 2.62. The third-order valence-corrected chi connectivity index (χ3v) is 3.78. The van der Waals surface area contributed by atoms with Gasteiger partial charge in [-0.2, -0.15) is 0 Å². The standard InChI is InChI=1S/C17H14N6O/c24-17(20-16-3-1-2-15-14(16)8-9-18-15)10-12-4-6-13(7-5-12)23-11-19-21-22-23/h1-9,11,18H,10H2,(H,20,24). The number of benzene rings is 2. The van der Waals surface area contributed by atoms with E-state index in [9.17, 15) is 4.79 Å². The van der Waals surface area contributed by atoms with Gasteiger partial charge < -0.3 is 10.3 Å². The number of carbonyl (C=O) groups is 1. The third-order valence-electron chi connectivity index (χ3n) is 3.78. The Kier molecular flexibility index (Phi) is 3.51. The molecule has 2 aromatic carbocycles. The van der Waals surface area contributed by atoms with Gasteiger partial charge in [-0.15, -0.1) is 5.10 Å². The van der Waals surface area contributed by atoms with Crippen LogP contribution in [0.15, 0.2) is 61.1 Å². The van der Waals surface area contributed by atoms with Gasteiger partial charge in [0.1, 0.15) is 6.33 Å². The predicted octanol–water partition coefficient (Wildman–Crippen LogP) is 2.32. The molecule has 0 saturated carbocycles. The molecule has 2 heterocycles. The number of nitrogens with zero attached hydrogens (tertiary/aromatic N) is 4. The van der Waals surface area contributed by atoms with Gasteiger partial charge in [-0.25, -0.2) is 4.68 Å². The van der Waals surface area contributed by atoms with Crippen molar-refractivity contribution >= 4 is 22.5 Å². The largest absolute Gasteiger partial charge is 0.361 e. The van der Waals surface area contributed by atoms with Crippen LogP contribution in [-0.4, -0.2) is 31.1 Å². The molecule has 7 heteroatoms. The summed E-state index contributed by atoms with van der Waals surface area (Å²) in [6.07, 6.45) is 3.69. The van der Waals surface area contributed by atoms with Gasteiger partial charge in [0.25, 0.3) is 0 Å². The minimum Gasteiger partial charge on any atom is -0.361 e. The Morgan fingerprint density at radius 2 is 2.00 bits per heavy atom. The number of tetrazole rings is 1. The van der Waals surface area contributed by atoms with E-state index >= 15 is 0 Å². The Morgan fingerprint density at radius 3 is 2.79 bits per heavy atom. The van der Waals surface area contributed by atoms with Gasteiger partial charge in [-0.05, 0) is 46.3 Å². The molecule has 1 amide bonds. The number of rotatable bonds is 4. The van der Waals surface area contributed by atoms with Crippen LogP contribution in [-0.2, 0) is 11.2 Å². The highest BCUT2D eigenvalue weighted by molar-refractivity contribution is 6.01. The first-order valence-corrected chi connectivity index (χ1v) is 7.48. The molecular formula is C17H14N6O. The normalized spacial score (nSPS) is 10.8. The molecule has 0 aliphatic carbocycles. The number of carbonyl (C=O) groups excluding carboxylic acids is 1. The van der Waals surface area contributed by atoms with Crippen LogP contribution in [0.25, 0.3) is 16.6 Å². The smallest absolute Gasteiger partial charge is 0.228 e. The maximum absolute atomic E-state index is 12.3. The maximum Gasteiger partial charge on any atom is 0.228 e. The highest BCUT2D eigenvalue weighted by atomic mass is 16.1. The van der Waals surface area contributed by atoms with Crippen molar-refractivity contribution in [2.75, 3.05) is 5.32 Å². The number of fused-ring (bicyclic) bond motifs is 1. The Morgan fingerprint density at radius 1 is 1.12 bits per heavy atom. The summed E-state index contributed by atoms with van der Waals surface area (Å²) in [4.78, 5) is 15.4. The van der Waals surface area contributed by atoms with E-state index in [-0.39, 0.29) is 5.91 Å². The molecule has 0 spiro atoms. The monoisotopic (exact) mass is 318 g/mol. The van der Waals surface area contributed by atoms with E-state index in [0.717, 1.165) is 27.8 Å². The van der Waals surface area contributed by atoms with Crippen molar-refractivity contribution in [2.24, 2.45) is 0 Å². The van der Waals surface area contributed by atoms with Gasteiger partial charge in [0.15, 0.2) is 0 Å². The van der Waals surface area contributed by atoms with Crippen LogP contribution in [0.1, 0.15) is 5.56 Å². The lowest BCUT2D eigenvalue weighted by atomic mass is 10.1. The summed E-state index contributed by atoms with van der Waals surface area (Å²) in [5.74, 6) is -0.0566. The van der Waals surface area contributed by atoms with Crippen molar-refractivity contribution in [1.29, 1.82) is 0 Å². The predicted molar refractivity (Wildman–Crippen MR) is 89.8 cm³/mol. The van der Waals surface area contributed by atoms with Crippen molar-refractivity contribution in [1.82, 2.24) is 25.2 Å². The second kappa shape index (κ2) is 5.96. The summed E-state index contributed by atoms with van der Waals surface area (Å²) >= 11 is 0. The first kappa shape index (κ1) is 14.1. The van der Waals surface area contributed by atoms with Crippen molar-refractivity contribution in [2.45, 2.75) is 6.42 Å². The van der Waals surface area contributed by atoms with Gasteiger partial charge >= 0.3 is 0 Å². The number of amides is 1. The zero-order chi connectivity index (χ0) is 16.4. The molecule has 0 aliphatic rings. The van der Waals surface area contributed by atoms with E-state index in [0.29, 0.717) is 6.42 Å². The summed E-state index contributed by atoms with van der Waals surface area (Å²) in [6, 6.07) is 15.3. The third kappa shape index (κ3) is 2.74. The first-order chi connectivity index (χ1) is 11.8. The van der Waals surface area contributed by atoms with E-state index in [1.54, 1.807) is 4.68 Å². The average molecular weight is 318 g/mol. The highest BCUT2D eigenvalue weighted by Gasteiger charge is 2.08. The lowest BCUT2D eigenvalue weighted by molar-refractivity contribution is -0.115. The second-order valence-electron chi connectivity index (χ2n) is 5.39. The number of aromatic amines is 1. The summed E-state index contributed by atoms with van der Waals surface area (Å²) in [7, 11) is 0. The fourth-order valence-corrected chi connectivity index (χ4v) is 2.62. The molecule has 0 bridgehead atoms. The van der Waals surface area contributed by atoms with Crippen LogP contribution in [0, 0.1) is 0 Å². The summed E-state index contributed by atoms with van der Waals surface area (Å²) in [6.45, 7) is 0. The minimum absolute atomic E-state index is 0.0566. The van der Waals surface area contributed by atoms with Crippen LogP contribution < -0.4 is 5.32 Å². The van der Waals surface area contributed by atoms with Crippen LogP contribution in [0.5, 0.6) is 0 Å². The van der Waals surface area contributed by atoms with E-state index in [1.807, 2.05) is 54.7 Å². The molecule has 4 aromatic rings. The van der Waals surface area contributed by atoms with Crippen molar-refractivity contribution in [3.8, 4) is 5.69 Å². The molecule has 0 fully saturated rings. The quantitative estimate of drug-likeness (QED) is 0.604. The van der Waals surface area contributed by atoms with Gasteiger partial charge in [0, 0.05) is 17.1 Å². The Bertz CT molecular complexity index is 972.